The van der Waals surface area contributed by atoms with Gasteiger partial charge in [0.25, 0.3) is 5.91 Å². The molecule has 0 spiro atoms. The molecule has 0 saturated heterocycles. The summed E-state index contributed by atoms with van der Waals surface area (Å²) in [7, 11) is 1.46. The number of rotatable bonds is 7. The van der Waals surface area contributed by atoms with E-state index in [4.69, 9.17) is 15.2 Å². The first-order valence-electron chi connectivity index (χ1n) is 6.34. The number of methoxy groups -OCH3 is 1. The molecule has 20 heavy (non-hydrogen) atoms. The summed E-state index contributed by atoms with van der Waals surface area (Å²) >= 11 is 0. The van der Waals surface area contributed by atoms with Gasteiger partial charge in [-0.2, -0.15) is 0 Å². The zero-order valence-electron chi connectivity index (χ0n) is 12.1. The fraction of sp³-hybridized carbons (Fsp3) is 0.500. The number of amides is 1. The zero-order valence-corrected chi connectivity index (χ0v) is 12.9. The molecular weight excluding hydrogens is 280 g/mol. The number of hydrogen-bond donors (Lipinski definition) is 2. The molecule has 1 rings (SSSR count). The van der Waals surface area contributed by atoms with Crippen LogP contribution in [-0.4, -0.2) is 32.3 Å². The van der Waals surface area contributed by atoms with E-state index < -0.39 is 6.10 Å². The van der Waals surface area contributed by atoms with E-state index in [9.17, 15) is 4.79 Å². The number of benzene rings is 1. The van der Waals surface area contributed by atoms with E-state index >= 15 is 0 Å². The van der Waals surface area contributed by atoms with Crippen molar-refractivity contribution in [2.75, 3.05) is 25.6 Å². The first-order chi connectivity index (χ1) is 9.08. The van der Waals surface area contributed by atoms with Crippen molar-refractivity contribution in [3.63, 3.8) is 0 Å². The minimum Gasteiger partial charge on any atom is -0.491 e. The number of halogens is 1. The number of nitrogens with one attached hydrogen (secondary N) is 1. The first-order valence-corrected chi connectivity index (χ1v) is 6.34. The van der Waals surface area contributed by atoms with Crippen molar-refractivity contribution >= 4 is 24.0 Å². The summed E-state index contributed by atoms with van der Waals surface area (Å²) in [5, 5.41) is 2.77. The second-order valence-corrected chi connectivity index (χ2v) is 4.65. The largest absolute Gasteiger partial charge is 0.491 e. The Morgan fingerprint density at radius 1 is 1.35 bits per heavy atom. The molecule has 1 atom stereocenters. The first kappa shape index (κ1) is 18.7. The number of nitrogens with two attached hydrogens (primary N) is 1. The smallest absolute Gasteiger partial charge is 0.254 e. The van der Waals surface area contributed by atoms with Gasteiger partial charge in [-0.25, -0.2) is 0 Å². The Hall–Kier alpha value is -1.30. The van der Waals surface area contributed by atoms with Crippen LogP contribution in [0.2, 0.25) is 0 Å². The molecule has 3 N–H and O–H groups in total. The molecule has 0 aliphatic carbocycles. The number of hydrogen-bond acceptors (Lipinski definition) is 4. The number of carbonyl (C=O) groups is 1. The maximum absolute atomic E-state index is 11.9. The molecule has 6 heteroatoms. The van der Waals surface area contributed by atoms with E-state index in [1.165, 1.54) is 7.11 Å². The summed E-state index contributed by atoms with van der Waals surface area (Å²) in [4.78, 5) is 11.9. The Morgan fingerprint density at radius 3 is 2.55 bits per heavy atom. The third kappa shape index (κ3) is 5.77. The average Bonchev–Trinajstić information content (AvgIpc) is 2.39. The van der Waals surface area contributed by atoms with Gasteiger partial charge in [-0.15, -0.1) is 12.4 Å². The SMILES string of the molecule is COC(CN)C(=O)Nc1ccccc1OCC(C)C.Cl. The molecule has 0 aromatic heterocycles. The Labute approximate surface area is 126 Å². The van der Waals surface area contributed by atoms with E-state index in [1.54, 1.807) is 6.07 Å². The van der Waals surface area contributed by atoms with Gasteiger partial charge in [-0.3, -0.25) is 4.79 Å². The highest BCUT2D eigenvalue weighted by Gasteiger charge is 2.17. The Kier molecular flexibility index (Phi) is 8.96. The fourth-order valence-electron chi connectivity index (χ4n) is 1.48. The fourth-order valence-corrected chi connectivity index (χ4v) is 1.48. The van der Waals surface area contributed by atoms with Gasteiger partial charge in [-0.1, -0.05) is 26.0 Å². The predicted molar refractivity (Wildman–Crippen MR) is 82.5 cm³/mol. The molecule has 0 radical (unpaired) electrons. The number of ether oxygens (including phenoxy) is 2. The molecule has 5 nitrogen and oxygen atoms in total. The molecule has 1 unspecified atom stereocenters. The van der Waals surface area contributed by atoms with Crippen LogP contribution in [0.1, 0.15) is 13.8 Å². The van der Waals surface area contributed by atoms with E-state index in [0.29, 0.717) is 24.0 Å². The molecule has 1 aromatic carbocycles. The van der Waals surface area contributed by atoms with Crippen LogP contribution in [0.15, 0.2) is 24.3 Å². The topological polar surface area (TPSA) is 73.6 Å². The maximum atomic E-state index is 11.9. The molecule has 0 aliphatic rings. The molecule has 0 aliphatic heterocycles. The summed E-state index contributed by atoms with van der Waals surface area (Å²) in [6.45, 7) is 4.86. The summed E-state index contributed by atoms with van der Waals surface area (Å²) in [6.07, 6.45) is -0.654. The minimum atomic E-state index is -0.654. The zero-order chi connectivity index (χ0) is 14.3. The van der Waals surface area contributed by atoms with Crippen LogP contribution < -0.4 is 15.8 Å². The van der Waals surface area contributed by atoms with Crippen LogP contribution >= 0.6 is 12.4 Å². The molecule has 1 aromatic rings. The quantitative estimate of drug-likeness (QED) is 0.808. The van der Waals surface area contributed by atoms with Crippen LogP contribution in [0.5, 0.6) is 5.75 Å². The molecule has 1 amide bonds. The minimum absolute atomic E-state index is 0. The monoisotopic (exact) mass is 302 g/mol. The molecule has 0 heterocycles. The maximum Gasteiger partial charge on any atom is 0.254 e. The van der Waals surface area contributed by atoms with E-state index in [2.05, 4.69) is 19.2 Å². The molecule has 114 valence electrons. The second-order valence-electron chi connectivity index (χ2n) is 4.65. The number of carbonyl (C=O) groups excluding carboxylic acids is 1. The predicted octanol–water partition coefficient (Wildman–Crippen LogP) is 2.06. The average molecular weight is 303 g/mol. The summed E-state index contributed by atoms with van der Waals surface area (Å²) in [6, 6.07) is 7.31. The highest BCUT2D eigenvalue weighted by atomic mass is 35.5. The molecular formula is C14H23ClN2O3. The summed E-state index contributed by atoms with van der Waals surface area (Å²) < 4.78 is 10.7. The Balaban J connectivity index is 0.00000361. The summed E-state index contributed by atoms with van der Waals surface area (Å²) in [5.74, 6) is 0.793. The van der Waals surface area contributed by atoms with Crippen molar-refractivity contribution in [1.29, 1.82) is 0 Å². The molecule has 0 fully saturated rings. The summed E-state index contributed by atoms with van der Waals surface area (Å²) in [5.41, 5.74) is 6.09. The third-order valence-electron chi connectivity index (χ3n) is 2.51. The van der Waals surface area contributed by atoms with Gasteiger partial charge in [0.05, 0.1) is 12.3 Å². The molecule has 0 bridgehead atoms. The van der Waals surface area contributed by atoms with Gasteiger partial charge in [0.15, 0.2) is 0 Å². The van der Waals surface area contributed by atoms with Crippen LogP contribution in [0.4, 0.5) is 5.69 Å². The highest BCUT2D eigenvalue weighted by Crippen LogP contribution is 2.24. The van der Waals surface area contributed by atoms with Crippen molar-refractivity contribution < 1.29 is 14.3 Å². The lowest BCUT2D eigenvalue weighted by atomic mass is 10.2. The molecule has 0 saturated carbocycles. The van der Waals surface area contributed by atoms with Crippen molar-refractivity contribution in [3.8, 4) is 5.75 Å². The van der Waals surface area contributed by atoms with Crippen LogP contribution in [-0.2, 0) is 9.53 Å². The van der Waals surface area contributed by atoms with E-state index in [1.807, 2.05) is 18.2 Å². The van der Waals surface area contributed by atoms with Gasteiger partial charge in [0, 0.05) is 13.7 Å². The Bertz CT molecular complexity index is 409. The van der Waals surface area contributed by atoms with E-state index in [-0.39, 0.29) is 24.9 Å². The van der Waals surface area contributed by atoms with Crippen molar-refractivity contribution in [2.24, 2.45) is 11.7 Å². The Morgan fingerprint density at radius 2 is 2.00 bits per heavy atom. The number of para-hydroxylation sites is 2. The normalized spacial score (nSPS) is 11.7. The van der Waals surface area contributed by atoms with Gasteiger partial charge >= 0.3 is 0 Å². The van der Waals surface area contributed by atoms with Crippen molar-refractivity contribution in [1.82, 2.24) is 0 Å². The lowest BCUT2D eigenvalue weighted by Gasteiger charge is -2.16. The van der Waals surface area contributed by atoms with Crippen molar-refractivity contribution in [3.05, 3.63) is 24.3 Å². The second kappa shape index (κ2) is 9.58. The van der Waals surface area contributed by atoms with E-state index in [0.717, 1.165) is 0 Å². The van der Waals surface area contributed by atoms with Crippen molar-refractivity contribution in [2.45, 2.75) is 20.0 Å². The van der Waals surface area contributed by atoms with Crippen LogP contribution in [0, 0.1) is 5.92 Å². The van der Waals surface area contributed by atoms with Gasteiger partial charge in [0.1, 0.15) is 11.9 Å². The lowest BCUT2D eigenvalue weighted by molar-refractivity contribution is -0.125. The van der Waals surface area contributed by atoms with Gasteiger partial charge in [0.2, 0.25) is 0 Å². The third-order valence-corrected chi connectivity index (χ3v) is 2.51. The van der Waals surface area contributed by atoms with Gasteiger partial charge in [-0.05, 0) is 18.1 Å². The van der Waals surface area contributed by atoms with Crippen LogP contribution in [0.3, 0.4) is 0 Å². The number of anilines is 1. The standard InChI is InChI=1S/C14H22N2O3.ClH/c1-10(2)9-19-12-7-5-4-6-11(12)16-14(17)13(8-15)18-3;/h4-7,10,13H,8-9,15H2,1-3H3,(H,16,17);1H. The lowest BCUT2D eigenvalue weighted by Crippen LogP contribution is -2.36. The highest BCUT2D eigenvalue weighted by molar-refractivity contribution is 5.95. The van der Waals surface area contributed by atoms with Crippen LogP contribution in [0.25, 0.3) is 0 Å². The van der Waals surface area contributed by atoms with Gasteiger partial charge < -0.3 is 20.5 Å².